The van der Waals surface area contributed by atoms with Crippen molar-refractivity contribution in [2.45, 2.75) is 19.8 Å². The van der Waals surface area contributed by atoms with Gasteiger partial charge in [-0.3, -0.25) is 0 Å². The molecule has 3 heteroatoms. The van der Waals surface area contributed by atoms with Crippen LogP contribution >= 0.6 is 0 Å². The van der Waals surface area contributed by atoms with Gasteiger partial charge in [0.1, 0.15) is 0 Å². The first kappa shape index (κ1) is 10.0. The van der Waals surface area contributed by atoms with Gasteiger partial charge in [0, 0.05) is 0 Å². The van der Waals surface area contributed by atoms with Gasteiger partial charge in [0.15, 0.2) is 0 Å². The predicted molar refractivity (Wildman–Crippen MR) is 42.0 cm³/mol. The summed E-state index contributed by atoms with van der Waals surface area (Å²) in [5.74, 6) is -0.347. The maximum absolute atomic E-state index is 10.7. The SMILES string of the molecule is CCCCOC(=O)/C=C/OC. The summed E-state index contributed by atoms with van der Waals surface area (Å²) >= 11 is 0. The van der Waals surface area contributed by atoms with Crippen LogP contribution in [0.2, 0.25) is 0 Å². The fourth-order valence-electron chi connectivity index (χ4n) is 0.489. The molecule has 0 amide bonds. The first-order valence-corrected chi connectivity index (χ1v) is 3.67. The van der Waals surface area contributed by atoms with Crippen LogP contribution in [0.3, 0.4) is 0 Å². The number of esters is 1. The van der Waals surface area contributed by atoms with Gasteiger partial charge in [-0.15, -0.1) is 0 Å². The highest BCUT2D eigenvalue weighted by Gasteiger charge is 1.93. The lowest BCUT2D eigenvalue weighted by Gasteiger charge is -1.98. The van der Waals surface area contributed by atoms with Gasteiger partial charge in [-0.05, 0) is 6.42 Å². The Balaban J connectivity index is 3.30. The van der Waals surface area contributed by atoms with Crippen molar-refractivity contribution in [1.29, 1.82) is 0 Å². The number of unbranched alkanes of at least 4 members (excludes halogenated alkanes) is 1. The first-order valence-electron chi connectivity index (χ1n) is 3.67. The third-order valence-corrected chi connectivity index (χ3v) is 1.08. The van der Waals surface area contributed by atoms with E-state index in [0.717, 1.165) is 12.8 Å². The van der Waals surface area contributed by atoms with E-state index in [1.165, 1.54) is 19.4 Å². The van der Waals surface area contributed by atoms with Crippen molar-refractivity contribution in [3.8, 4) is 0 Å². The summed E-state index contributed by atoms with van der Waals surface area (Å²) in [6.45, 7) is 2.53. The summed E-state index contributed by atoms with van der Waals surface area (Å²) in [4.78, 5) is 10.7. The van der Waals surface area contributed by atoms with Crippen LogP contribution in [0, 0.1) is 0 Å². The van der Waals surface area contributed by atoms with Crippen LogP contribution in [-0.2, 0) is 14.3 Å². The molecule has 0 atom stereocenters. The molecule has 0 N–H and O–H groups in total. The van der Waals surface area contributed by atoms with E-state index in [4.69, 9.17) is 4.74 Å². The molecule has 0 spiro atoms. The molecule has 0 saturated heterocycles. The Hall–Kier alpha value is -0.990. The maximum atomic E-state index is 10.7. The van der Waals surface area contributed by atoms with Gasteiger partial charge in [-0.25, -0.2) is 4.79 Å². The molecule has 11 heavy (non-hydrogen) atoms. The molecule has 0 aromatic rings. The van der Waals surface area contributed by atoms with E-state index in [-0.39, 0.29) is 5.97 Å². The van der Waals surface area contributed by atoms with Crippen LogP contribution in [-0.4, -0.2) is 19.7 Å². The summed E-state index contributed by atoms with van der Waals surface area (Å²) in [5.41, 5.74) is 0. The van der Waals surface area contributed by atoms with Crippen LogP contribution in [0.15, 0.2) is 12.3 Å². The van der Waals surface area contributed by atoms with Gasteiger partial charge >= 0.3 is 5.97 Å². The Kier molecular flexibility index (Phi) is 6.48. The highest BCUT2D eigenvalue weighted by molar-refractivity contribution is 5.81. The number of rotatable bonds is 5. The normalized spacial score (nSPS) is 10.0. The minimum Gasteiger partial charge on any atom is -0.504 e. The molecule has 0 fully saturated rings. The molecule has 0 bridgehead atoms. The van der Waals surface area contributed by atoms with Crippen molar-refractivity contribution in [1.82, 2.24) is 0 Å². The van der Waals surface area contributed by atoms with E-state index in [0.29, 0.717) is 6.61 Å². The van der Waals surface area contributed by atoms with Crippen molar-refractivity contribution in [2.75, 3.05) is 13.7 Å². The number of carbonyl (C=O) groups is 1. The Bertz CT molecular complexity index is 129. The number of methoxy groups -OCH3 is 1. The molecular weight excluding hydrogens is 144 g/mol. The third kappa shape index (κ3) is 6.90. The van der Waals surface area contributed by atoms with E-state index < -0.39 is 0 Å². The van der Waals surface area contributed by atoms with Crippen LogP contribution in [0.4, 0.5) is 0 Å². The summed E-state index contributed by atoms with van der Waals surface area (Å²) in [5, 5.41) is 0. The minimum absolute atomic E-state index is 0.347. The number of hydrogen-bond acceptors (Lipinski definition) is 3. The predicted octanol–water partition coefficient (Wildman–Crippen LogP) is 1.49. The molecule has 0 aliphatic heterocycles. The fraction of sp³-hybridized carbons (Fsp3) is 0.625. The Morgan fingerprint density at radius 3 is 2.82 bits per heavy atom. The van der Waals surface area contributed by atoms with Crippen LogP contribution in [0.5, 0.6) is 0 Å². The zero-order valence-electron chi connectivity index (χ0n) is 7.00. The standard InChI is InChI=1S/C8H14O3/c1-3-4-6-11-8(9)5-7-10-2/h5,7H,3-4,6H2,1-2H3/b7-5+. The average molecular weight is 158 g/mol. The fourth-order valence-corrected chi connectivity index (χ4v) is 0.489. The highest BCUT2D eigenvalue weighted by Crippen LogP contribution is 1.89. The molecule has 0 saturated carbocycles. The van der Waals surface area contributed by atoms with Gasteiger partial charge in [-0.1, -0.05) is 13.3 Å². The second-order valence-corrected chi connectivity index (χ2v) is 2.06. The van der Waals surface area contributed by atoms with E-state index >= 15 is 0 Å². The van der Waals surface area contributed by atoms with Gasteiger partial charge in [0.25, 0.3) is 0 Å². The lowest BCUT2D eigenvalue weighted by molar-refractivity contribution is -0.137. The first-order chi connectivity index (χ1) is 5.31. The monoisotopic (exact) mass is 158 g/mol. The molecule has 3 nitrogen and oxygen atoms in total. The lowest BCUT2D eigenvalue weighted by Crippen LogP contribution is -2.01. The smallest absolute Gasteiger partial charge is 0.333 e. The van der Waals surface area contributed by atoms with Crippen molar-refractivity contribution < 1.29 is 14.3 Å². The molecule has 0 aliphatic rings. The van der Waals surface area contributed by atoms with Gasteiger partial charge in [-0.2, -0.15) is 0 Å². The van der Waals surface area contributed by atoms with E-state index in [1.807, 2.05) is 6.92 Å². The summed E-state index contributed by atoms with van der Waals surface area (Å²) in [6.07, 6.45) is 4.50. The van der Waals surface area contributed by atoms with Gasteiger partial charge < -0.3 is 9.47 Å². The Labute approximate surface area is 67.0 Å². The van der Waals surface area contributed by atoms with Gasteiger partial charge in [0.05, 0.1) is 26.1 Å². The lowest BCUT2D eigenvalue weighted by atomic mass is 10.4. The number of carbonyl (C=O) groups excluding carboxylic acids is 1. The van der Waals surface area contributed by atoms with E-state index in [1.54, 1.807) is 0 Å². The largest absolute Gasteiger partial charge is 0.504 e. The molecule has 0 radical (unpaired) electrons. The Morgan fingerprint density at radius 1 is 1.55 bits per heavy atom. The van der Waals surface area contributed by atoms with Crippen molar-refractivity contribution in [3.63, 3.8) is 0 Å². The van der Waals surface area contributed by atoms with E-state index in [2.05, 4.69) is 4.74 Å². The second-order valence-electron chi connectivity index (χ2n) is 2.06. The summed E-state index contributed by atoms with van der Waals surface area (Å²) < 4.78 is 9.32. The topological polar surface area (TPSA) is 35.5 Å². The van der Waals surface area contributed by atoms with Crippen molar-refractivity contribution in [2.24, 2.45) is 0 Å². The maximum Gasteiger partial charge on any atom is 0.333 e. The minimum atomic E-state index is -0.347. The quantitative estimate of drug-likeness (QED) is 0.263. The molecule has 0 heterocycles. The highest BCUT2D eigenvalue weighted by atomic mass is 16.5. The van der Waals surface area contributed by atoms with Crippen molar-refractivity contribution in [3.05, 3.63) is 12.3 Å². The molecule has 64 valence electrons. The molecular formula is C8H14O3. The second kappa shape index (κ2) is 7.12. The van der Waals surface area contributed by atoms with Gasteiger partial charge in [0.2, 0.25) is 0 Å². The van der Waals surface area contributed by atoms with E-state index in [9.17, 15) is 4.79 Å². The molecule has 0 aromatic heterocycles. The zero-order chi connectivity index (χ0) is 8.53. The molecule has 0 rings (SSSR count). The average Bonchev–Trinajstić information content (AvgIpc) is 2.01. The third-order valence-electron chi connectivity index (χ3n) is 1.08. The van der Waals surface area contributed by atoms with Crippen LogP contribution in [0.25, 0.3) is 0 Å². The Morgan fingerprint density at radius 2 is 2.27 bits per heavy atom. The number of ether oxygens (including phenoxy) is 2. The van der Waals surface area contributed by atoms with Crippen LogP contribution in [0.1, 0.15) is 19.8 Å². The van der Waals surface area contributed by atoms with Crippen LogP contribution < -0.4 is 0 Å². The summed E-state index contributed by atoms with van der Waals surface area (Å²) in [6, 6.07) is 0. The molecule has 0 aromatic carbocycles. The molecule has 0 unspecified atom stereocenters. The number of hydrogen-bond donors (Lipinski definition) is 0. The zero-order valence-corrected chi connectivity index (χ0v) is 7.00. The molecule has 0 aliphatic carbocycles. The summed E-state index contributed by atoms with van der Waals surface area (Å²) in [7, 11) is 1.48. The van der Waals surface area contributed by atoms with Crippen molar-refractivity contribution >= 4 is 5.97 Å².